The Kier molecular flexibility index (Phi) is 4.27. The molecule has 0 heterocycles. The van der Waals surface area contributed by atoms with Crippen molar-refractivity contribution < 1.29 is 25.2 Å². The highest BCUT2D eigenvalue weighted by molar-refractivity contribution is 5.88. The van der Waals surface area contributed by atoms with Gasteiger partial charge in [-0.05, 0) is 81.0 Å². The van der Waals surface area contributed by atoms with Gasteiger partial charge in [0.2, 0.25) is 0 Å². The standard InChI is InChI=1S/C19H30O5/c20-9-17(23)19(24)6-5-13-14-3-1-10-7-11(21)2-4-12(10)18(14)16(22)8-15(13)19/h10-16,18,20-22,24H,1-9H2/t10-,11+,12?,13?,14?,15?,16?,18?,19+/m0/s1. The molecule has 9 atom stereocenters. The van der Waals surface area contributed by atoms with Gasteiger partial charge in [0, 0.05) is 5.92 Å². The number of rotatable bonds is 2. The number of hydrogen-bond acceptors (Lipinski definition) is 5. The summed E-state index contributed by atoms with van der Waals surface area (Å²) in [6, 6.07) is 0. The first-order chi connectivity index (χ1) is 11.5. The van der Waals surface area contributed by atoms with Gasteiger partial charge in [0.05, 0.1) is 12.2 Å². The van der Waals surface area contributed by atoms with E-state index in [0.717, 1.165) is 38.5 Å². The average molecular weight is 338 g/mol. The molecule has 0 aliphatic heterocycles. The zero-order valence-corrected chi connectivity index (χ0v) is 14.2. The van der Waals surface area contributed by atoms with Crippen LogP contribution in [0.4, 0.5) is 0 Å². The minimum atomic E-state index is -1.44. The summed E-state index contributed by atoms with van der Waals surface area (Å²) in [5.41, 5.74) is -1.44. The Morgan fingerprint density at radius 2 is 1.71 bits per heavy atom. The zero-order chi connectivity index (χ0) is 17.1. The number of ketones is 1. The second-order valence-electron chi connectivity index (χ2n) is 8.83. The quantitative estimate of drug-likeness (QED) is 0.599. The fourth-order valence-corrected chi connectivity index (χ4v) is 7.00. The maximum atomic E-state index is 12.1. The third-order valence-corrected chi connectivity index (χ3v) is 7.98. The van der Waals surface area contributed by atoms with Crippen LogP contribution in [0.25, 0.3) is 0 Å². The van der Waals surface area contributed by atoms with Crippen LogP contribution in [0.1, 0.15) is 51.4 Å². The molecule has 0 saturated heterocycles. The third kappa shape index (κ3) is 2.39. The van der Waals surface area contributed by atoms with E-state index >= 15 is 0 Å². The van der Waals surface area contributed by atoms with Gasteiger partial charge in [-0.2, -0.15) is 0 Å². The van der Waals surface area contributed by atoms with E-state index in [1.807, 2.05) is 0 Å². The lowest BCUT2D eigenvalue weighted by Gasteiger charge is -2.55. The van der Waals surface area contributed by atoms with Crippen molar-refractivity contribution in [1.82, 2.24) is 0 Å². The first kappa shape index (κ1) is 17.0. The minimum absolute atomic E-state index is 0.185. The summed E-state index contributed by atoms with van der Waals surface area (Å²) in [6.07, 6.45) is 5.85. The number of aliphatic hydroxyl groups is 4. The van der Waals surface area contributed by atoms with Crippen molar-refractivity contribution in [1.29, 1.82) is 0 Å². The molecule has 24 heavy (non-hydrogen) atoms. The van der Waals surface area contributed by atoms with Crippen LogP contribution < -0.4 is 0 Å². The molecule has 0 aromatic rings. The van der Waals surface area contributed by atoms with E-state index < -0.39 is 24.1 Å². The van der Waals surface area contributed by atoms with Gasteiger partial charge < -0.3 is 20.4 Å². The largest absolute Gasteiger partial charge is 0.393 e. The average Bonchev–Trinajstić information content (AvgIpc) is 2.91. The Balaban J connectivity index is 1.58. The van der Waals surface area contributed by atoms with Gasteiger partial charge in [0.15, 0.2) is 5.78 Å². The van der Waals surface area contributed by atoms with E-state index in [1.54, 1.807) is 0 Å². The molecule has 136 valence electrons. The molecule has 6 unspecified atom stereocenters. The first-order valence-electron chi connectivity index (χ1n) is 9.68. The third-order valence-electron chi connectivity index (χ3n) is 7.98. The first-order valence-corrected chi connectivity index (χ1v) is 9.68. The summed E-state index contributed by atoms with van der Waals surface area (Å²) >= 11 is 0. The normalized spacial score (nSPS) is 53.8. The summed E-state index contributed by atoms with van der Waals surface area (Å²) in [5, 5.41) is 41.0. The van der Waals surface area contributed by atoms with Crippen LogP contribution in [0.2, 0.25) is 0 Å². The molecule has 4 aliphatic carbocycles. The van der Waals surface area contributed by atoms with Crippen LogP contribution in [0.5, 0.6) is 0 Å². The smallest absolute Gasteiger partial charge is 0.189 e. The molecule has 4 rings (SSSR count). The van der Waals surface area contributed by atoms with Crippen LogP contribution in [0, 0.1) is 35.5 Å². The maximum absolute atomic E-state index is 12.1. The summed E-state index contributed by atoms with van der Waals surface area (Å²) in [7, 11) is 0. The van der Waals surface area contributed by atoms with E-state index in [-0.39, 0.29) is 23.9 Å². The second-order valence-corrected chi connectivity index (χ2v) is 8.83. The van der Waals surface area contributed by atoms with E-state index in [2.05, 4.69) is 0 Å². The second kappa shape index (κ2) is 6.04. The molecule has 4 aliphatic rings. The molecule has 4 fully saturated rings. The summed E-state index contributed by atoms with van der Waals surface area (Å²) < 4.78 is 0. The topological polar surface area (TPSA) is 98.0 Å². The van der Waals surface area contributed by atoms with E-state index in [1.165, 1.54) is 0 Å². The van der Waals surface area contributed by atoms with Crippen LogP contribution in [0.15, 0.2) is 0 Å². The number of carbonyl (C=O) groups excluding carboxylic acids is 1. The van der Waals surface area contributed by atoms with Crippen LogP contribution >= 0.6 is 0 Å². The molecular weight excluding hydrogens is 308 g/mol. The van der Waals surface area contributed by atoms with Gasteiger partial charge >= 0.3 is 0 Å². The summed E-state index contributed by atoms with van der Waals surface area (Å²) in [4.78, 5) is 12.1. The van der Waals surface area contributed by atoms with Crippen molar-refractivity contribution in [3.8, 4) is 0 Å². The minimum Gasteiger partial charge on any atom is -0.393 e. The van der Waals surface area contributed by atoms with Crippen molar-refractivity contribution in [2.45, 2.75) is 69.2 Å². The SMILES string of the molecule is O=C(CO)[C@@]1(O)CCC2C3CC[C@H]4C[C@H](O)CCC4C3C(O)CC21. The highest BCUT2D eigenvalue weighted by Crippen LogP contribution is 2.60. The van der Waals surface area contributed by atoms with Gasteiger partial charge in [-0.25, -0.2) is 0 Å². The van der Waals surface area contributed by atoms with E-state index in [0.29, 0.717) is 30.6 Å². The van der Waals surface area contributed by atoms with Crippen molar-refractivity contribution in [3.63, 3.8) is 0 Å². The van der Waals surface area contributed by atoms with Crippen molar-refractivity contribution >= 4 is 5.78 Å². The Bertz CT molecular complexity index is 508. The van der Waals surface area contributed by atoms with Gasteiger partial charge in [-0.3, -0.25) is 4.79 Å². The summed E-state index contributed by atoms with van der Waals surface area (Å²) in [5.74, 6) is 1.21. The molecule has 0 bridgehead atoms. The van der Waals surface area contributed by atoms with Gasteiger partial charge in [0.1, 0.15) is 12.2 Å². The predicted molar refractivity (Wildman–Crippen MR) is 86.9 cm³/mol. The number of hydrogen-bond donors (Lipinski definition) is 4. The molecule has 5 heteroatoms. The van der Waals surface area contributed by atoms with Crippen molar-refractivity contribution in [2.75, 3.05) is 6.61 Å². The number of Topliss-reactive ketones (excluding diaryl/α,β-unsaturated/α-hetero) is 1. The van der Waals surface area contributed by atoms with E-state index in [4.69, 9.17) is 0 Å². The number of aliphatic hydroxyl groups excluding tert-OH is 3. The molecule has 0 radical (unpaired) electrons. The van der Waals surface area contributed by atoms with Crippen LogP contribution in [-0.4, -0.2) is 50.6 Å². The lowest BCUT2D eigenvalue weighted by molar-refractivity contribution is -0.159. The fraction of sp³-hybridized carbons (Fsp3) is 0.947. The van der Waals surface area contributed by atoms with Gasteiger partial charge in [0.25, 0.3) is 0 Å². The Morgan fingerprint density at radius 3 is 2.46 bits per heavy atom. The Hall–Kier alpha value is -0.490. The van der Waals surface area contributed by atoms with Crippen LogP contribution in [-0.2, 0) is 4.79 Å². The lowest BCUT2D eigenvalue weighted by atomic mass is 9.52. The molecule has 0 amide bonds. The summed E-state index contributed by atoms with van der Waals surface area (Å²) in [6.45, 7) is -0.619. The fourth-order valence-electron chi connectivity index (χ4n) is 7.00. The lowest BCUT2D eigenvalue weighted by Crippen LogP contribution is -2.55. The Labute approximate surface area is 143 Å². The Morgan fingerprint density at radius 1 is 0.958 bits per heavy atom. The van der Waals surface area contributed by atoms with E-state index in [9.17, 15) is 25.2 Å². The molecule has 4 N–H and O–H groups in total. The molecular formula is C19H30O5. The molecule has 4 saturated carbocycles. The number of fused-ring (bicyclic) bond motifs is 5. The monoisotopic (exact) mass is 338 g/mol. The predicted octanol–water partition coefficient (Wildman–Crippen LogP) is 0.873. The molecule has 0 spiro atoms. The highest BCUT2D eigenvalue weighted by atomic mass is 16.3. The molecule has 5 nitrogen and oxygen atoms in total. The van der Waals surface area contributed by atoms with Gasteiger partial charge in [-0.1, -0.05) is 0 Å². The van der Waals surface area contributed by atoms with Crippen molar-refractivity contribution in [3.05, 3.63) is 0 Å². The zero-order valence-electron chi connectivity index (χ0n) is 14.2. The highest BCUT2D eigenvalue weighted by Gasteiger charge is 2.60. The maximum Gasteiger partial charge on any atom is 0.189 e. The number of carbonyl (C=O) groups is 1. The van der Waals surface area contributed by atoms with Crippen LogP contribution in [0.3, 0.4) is 0 Å². The van der Waals surface area contributed by atoms with Crippen molar-refractivity contribution in [2.24, 2.45) is 35.5 Å². The van der Waals surface area contributed by atoms with Gasteiger partial charge in [-0.15, -0.1) is 0 Å². The molecule has 0 aromatic heterocycles. The molecule has 0 aromatic carbocycles.